The molecule has 124 valence electrons. The van der Waals surface area contributed by atoms with E-state index in [1.54, 1.807) is 25.4 Å². The van der Waals surface area contributed by atoms with Gasteiger partial charge < -0.3 is 10.2 Å². The van der Waals surface area contributed by atoms with Crippen molar-refractivity contribution in [3.63, 3.8) is 0 Å². The zero-order valence-electron chi connectivity index (χ0n) is 13.6. The third-order valence-corrected chi connectivity index (χ3v) is 4.85. The molecule has 2 aliphatic rings. The Morgan fingerprint density at radius 3 is 2.78 bits per heavy atom. The molecule has 2 atom stereocenters. The number of rotatable bonds is 4. The first-order valence-corrected chi connectivity index (χ1v) is 8.36. The lowest BCUT2D eigenvalue weighted by molar-refractivity contribution is -0.130. The van der Waals surface area contributed by atoms with Gasteiger partial charge in [-0.05, 0) is 44.4 Å². The first-order chi connectivity index (χ1) is 11.1. The van der Waals surface area contributed by atoms with Crippen LogP contribution in [0.15, 0.2) is 24.5 Å². The molecule has 0 saturated carbocycles. The highest BCUT2D eigenvalue weighted by Crippen LogP contribution is 2.29. The Morgan fingerprint density at radius 2 is 2.04 bits per heavy atom. The first-order valence-electron chi connectivity index (χ1n) is 8.36. The van der Waals surface area contributed by atoms with Gasteiger partial charge in [-0.15, -0.1) is 0 Å². The van der Waals surface area contributed by atoms with E-state index in [2.05, 4.69) is 15.2 Å². The Balaban J connectivity index is 1.60. The number of nitrogens with zero attached hydrogens (tertiary/aromatic N) is 3. The van der Waals surface area contributed by atoms with Crippen molar-refractivity contribution in [2.45, 2.75) is 44.7 Å². The maximum absolute atomic E-state index is 12.3. The molecule has 0 unspecified atom stereocenters. The molecule has 2 amide bonds. The van der Waals surface area contributed by atoms with Crippen LogP contribution in [-0.2, 0) is 9.59 Å². The maximum Gasteiger partial charge on any atom is 0.238 e. The summed E-state index contributed by atoms with van der Waals surface area (Å²) in [5.74, 6) is 0.136. The smallest absolute Gasteiger partial charge is 0.238 e. The number of anilines is 1. The SMILES string of the molecule is CC(=O)N1CCC[C@@H]1[C@H]1CCCN1CC(=O)Nc1cccnc1. The molecule has 0 spiro atoms. The molecule has 1 aromatic heterocycles. The molecule has 0 aliphatic carbocycles. The van der Waals surface area contributed by atoms with Crippen LogP contribution in [0.5, 0.6) is 0 Å². The fraction of sp³-hybridized carbons (Fsp3) is 0.588. The second-order valence-corrected chi connectivity index (χ2v) is 6.39. The van der Waals surface area contributed by atoms with E-state index >= 15 is 0 Å². The molecule has 0 bridgehead atoms. The number of carbonyl (C=O) groups is 2. The number of likely N-dealkylation sites (tertiary alicyclic amines) is 2. The van der Waals surface area contributed by atoms with Crippen LogP contribution in [-0.4, -0.2) is 58.3 Å². The molecule has 6 heteroatoms. The van der Waals surface area contributed by atoms with E-state index in [0.29, 0.717) is 12.6 Å². The van der Waals surface area contributed by atoms with Crippen LogP contribution >= 0.6 is 0 Å². The van der Waals surface area contributed by atoms with E-state index in [0.717, 1.165) is 44.5 Å². The van der Waals surface area contributed by atoms with Gasteiger partial charge in [0.2, 0.25) is 11.8 Å². The lowest BCUT2D eigenvalue weighted by atomic mass is 10.0. The second-order valence-electron chi connectivity index (χ2n) is 6.39. The molecule has 6 nitrogen and oxygen atoms in total. The van der Waals surface area contributed by atoms with Gasteiger partial charge in [0, 0.05) is 31.7 Å². The summed E-state index contributed by atoms with van der Waals surface area (Å²) in [4.78, 5) is 32.3. The Kier molecular flexibility index (Phi) is 4.91. The molecular formula is C17H24N4O2. The van der Waals surface area contributed by atoms with Crippen LogP contribution in [0, 0.1) is 0 Å². The molecule has 3 rings (SSSR count). The van der Waals surface area contributed by atoms with Gasteiger partial charge in [-0.2, -0.15) is 0 Å². The largest absolute Gasteiger partial charge is 0.338 e. The topological polar surface area (TPSA) is 65.5 Å². The lowest BCUT2D eigenvalue weighted by Crippen LogP contribution is -2.49. The minimum Gasteiger partial charge on any atom is -0.338 e. The van der Waals surface area contributed by atoms with Crippen molar-refractivity contribution < 1.29 is 9.59 Å². The summed E-state index contributed by atoms with van der Waals surface area (Å²) >= 11 is 0. The van der Waals surface area contributed by atoms with E-state index in [1.807, 2.05) is 11.0 Å². The van der Waals surface area contributed by atoms with Gasteiger partial charge in [0.15, 0.2) is 0 Å². The van der Waals surface area contributed by atoms with Crippen molar-refractivity contribution in [3.8, 4) is 0 Å². The number of nitrogens with one attached hydrogen (secondary N) is 1. The Morgan fingerprint density at radius 1 is 1.26 bits per heavy atom. The summed E-state index contributed by atoms with van der Waals surface area (Å²) in [6.45, 7) is 3.80. The highest BCUT2D eigenvalue weighted by Gasteiger charge is 2.39. The summed E-state index contributed by atoms with van der Waals surface area (Å²) in [6.07, 6.45) is 7.60. The van der Waals surface area contributed by atoms with Crippen LogP contribution in [0.25, 0.3) is 0 Å². The van der Waals surface area contributed by atoms with Gasteiger partial charge in [-0.1, -0.05) is 0 Å². The van der Waals surface area contributed by atoms with Crippen molar-refractivity contribution in [2.24, 2.45) is 0 Å². The van der Waals surface area contributed by atoms with Crippen molar-refractivity contribution >= 4 is 17.5 Å². The minimum absolute atomic E-state index is 0.0164. The number of amides is 2. The van der Waals surface area contributed by atoms with Gasteiger partial charge in [-0.3, -0.25) is 19.5 Å². The average molecular weight is 316 g/mol. The number of aromatic nitrogens is 1. The average Bonchev–Trinajstić information content (AvgIpc) is 3.16. The molecular weight excluding hydrogens is 292 g/mol. The molecule has 2 saturated heterocycles. The summed E-state index contributed by atoms with van der Waals surface area (Å²) < 4.78 is 0. The van der Waals surface area contributed by atoms with Crippen LogP contribution in [0.4, 0.5) is 5.69 Å². The Bertz CT molecular complexity index is 563. The molecule has 0 radical (unpaired) electrons. The molecule has 0 aromatic carbocycles. The van der Waals surface area contributed by atoms with E-state index in [1.165, 1.54) is 0 Å². The second kappa shape index (κ2) is 7.08. The van der Waals surface area contributed by atoms with E-state index in [9.17, 15) is 9.59 Å². The Labute approximate surface area is 136 Å². The predicted octanol–water partition coefficient (Wildman–Crippen LogP) is 1.50. The van der Waals surface area contributed by atoms with Crippen LogP contribution in [0.3, 0.4) is 0 Å². The summed E-state index contributed by atoms with van der Waals surface area (Å²) in [5, 5.41) is 2.89. The monoisotopic (exact) mass is 316 g/mol. The third kappa shape index (κ3) is 3.69. The quantitative estimate of drug-likeness (QED) is 0.914. The molecule has 23 heavy (non-hydrogen) atoms. The fourth-order valence-electron chi connectivity index (χ4n) is 3.89. The number of hydrogen-bond donors (Lipinski definition) is 1. The van der Waals surface area contributed by atoms with Gasteiger partial charge in [-0.25, -0.2) is 0 Å². The van der Waals surface area contributed by atoms with E-state index in [4.69, 9.17) is 0 Å². The normalized spacial score (nSPS) is 24.8. The zero-order valence-corrected chi connectivity index (χ0v) is 13.6. The van der Waals surface area contributed by atoms with Crippen molar-refractivity contribution in [1.29, 1.82) is 0 Å². The Hall–Kier alpha value is -1.95. The van der Waals surface area contributed by atoms with Gasteiger partial charge in [0.05, 0.1) is 18.4 Å². The van der Waals surface area contributed by atoms with E-state index < -0.39 is 0 Å². The van der Waals surface area contributed by atoms with Crippen LogP contribution in [0.2, 0.25) is 0 Å². The highest BCUT2D eigenvalue weighted by atomic mass is 16.2. The predicted molar refractivity (Wildman–Crippen MR) is 87.9 cm³/mol. The van der Waals surface area contributed by atoms with Gasteiger partial charge in [0.25, 0.3) is 0 Å². The first kappa shape index (κ1) is 15.9. The van der Waals surface area contributed by atoms with Crippen LogP contribution in [0.1, 0.15) is 32.6 Å². The van der Waals surface area contributed by atoms with Crippen molar-refractivity contribution in [1.82, 2.24) is 14.8 Å². The molecule has 2 aliphatic heterocycles. The van der Waals surface area contributed by atoms with Crippen LogP contribution < -0.4 is 5.32 Å². The molecule has 2 fully saturated rings. The van der Waals surface area contributed by atoms with Gasteiger partial charge in [0.1, 0.15) is 0 Å². The van der Waals surface area contributed by atoms with Crippen molar-refractivity contribution in [3.05, 3.63) is 24.5 Å². The number of carbonyl (C=O) groups excluding carboxylic acids is 2. The molecule has 3 heterocycles. The maximum atomic E-state index is 12.3. The summed E-state index contributed by atoms with van der Waals surface area (Å²) in [5.41, 5.74) is 0.722. The van der Waals surface area contributed by atoms with E-state index in [-0.39, 0.29) is 17.9 Å². The summed E-state index contributed by atoms with van der Waals surface area (Å²) in [7, 11) is 0. The van der Waals surface area contributed by atoms with Crippen molar-refractivity contribution in [2.75, 3.05) is 25.0 Å². The zero-order chi connectivity index (χ0) is 16.2. The van der Waals surface area contributed by atoms with Gasteiger partial charge >= 0.3 is 0 Å². The summed E-state index contributed by atoms with van der Waals surface area (Å²) in [6, 6.07) is 4.21. The molecule has 1 aromatic rings. The number of pyridine rings is 1. The minimum atomic E-state index is -0.0164. The third-order valence-electron chi connectivity index (χ3n) is 4.85. The lowest BCUT2D eigenvalue weighted by Gasteiger charge is -2.34. The molecule has 1 N–H and O–H groups in total. The number of hydrogen-bond acceptors (Lipinski definition) is 4. The fourth-order valence-corrected chi connectivity index (χ4v) is 3.89. The standard InChI is InChI=1S/C17H24N4O2/c1-13(22)21-10-4-7-16(21)15-6-3-9-20(15)12-17(23)19-14-5-2-8-18-11-14/h2,5,8,11,15-16H,3-4,6-7,9-10,12H2,1H3,(H,19,23)/t15-,16-/m1/s1. The highest BCUT2D eigenvalue weighted by molar-refractivity contribution is 5.92.